The van der Waals surface area contributed by atoms with Crippen LogP contribution in [0.5, 0.6) is 0 Å². The Morgan fingerprint density at radius 2 is 1.90 bits per heavy atom. The Labute approximate surface area is 119 Å². The van der Waals surface area contributed by atoms with Crippen molar-refractivity contribution in [2.24, 2.45) is 0 Å². The quantitative estimate of drug-likeness (QED) is 0.902. The molecule has 1 aromatic carbocycles. The van der Waals surface area contributed by atoms with Gasteiger partial charge in [0.2, 0.25) is 0 Å². The molecule has 0 radical (unpaired) electrons. The number of halogens is 3. The fourth-order valence-corrected chi connectivity index (χ4v) is 2.92. The Kier molecular flexibility index (Phi) is 4.77. The average molecular weight is 300 g/mol. The number of hydrogen-bond donors (Lipinski definition) is 1. The first-order valence-corrected chi connectivity index (χ1v) is 7.12. The molecule has 2 rings (SSSR count). The van der Waals surface area contributed by atoms with Gasteiger partial charge in [-0.1, -0.05) is 37.3 Å². The minimum absolute atomic E-state index is 0.115. The number of thiazole rings is 1. The summed E-state index contributed by atoms with van der Waals surface area (Å²) < 4.78 is 37.5. The molecular formula is C14H15F3N2S. The summed E-state index contributed by atoms with van der Waals surface area (Å²) in [5.41, 5.74) is 1.50. The van der Waals surface area contributed by atoms with Crippen LogP contribution in [-0.4, -0.2) is 17.7 Å². The van der Waals surface area contributed by atoms with Crippen LogP contribution in [0.2, 0.25) is 0 Å². The lowest BCUT2D eigenvalue weighted by atomic mass is 10.1. The van der Waals surface area contributed by atoms with Gasteiger partial charge >= 0.3 is 6.18 Å². The molecule has 0 aliphatic carbocycles. The zero-order chi connectivity index (χ0) is 14.6. The summed E-state index contributed by atoms with van der Waals surface area (Å²) in [5, 5.41) is 3.26. The number of alkyl halides is 3. The second kappa shape index (κ2) is 6.37. The first-order chi connectivity index (χ1) is 9.49. The largest absolute Gasteiger partial charge is 0.395 e. The molecule has 0 amide bonds. The molecule has 0 saturated heterocycles. The van der Waals surface area contributed by atoms with Crippen molar-refractivity contribution < 1.29 is 13.2 Å². The van der Waals surface area contributed by atoms with Crippen LogP contribution < -0.4 is 5.32 Å². The van der Waals surface area contributed by atoms with E-state index in [2.05, 4.69) is 10.3 Å². The van der Waals surface area contributed by atoms with Crippen LogP contribution in [0.4, 0.5) is 13.2 Å². The SMILES string of the molecule is CCNCc1sc(CC(F)(F)F)nc1-c1ccccc1. The zero-order valence-electron chi connectivity index (χ0n) is 11.0. The Morgan fingerprint density at radius 1 is 1.20 bits per heavy atom. The van der Waals surface area contributed by atoms with E-state index in [9.17, 15) is 13.2 Å². The molecule has 0 aliphatic heterocycles. The third-order valence-corrected chi connectivity index (χ3v) is 3.73. The predicted octanol–water partition coefficient (Wildman–Crippen LogP) is 4.02. The Hall–Kier alpha value is -1.40. The molecule has 1 N–H and O–H groups in total. The van der Waals surface area contributed by atoms with Crippen molar-refractivity contribution in [3.8, 4) is 11.3 Å². The van der Waals surface area contributed by atoms with E-state index in [1.54, 1.807) is 0 Å². The number of rotatable bonds is 5. The number of benzene rings is 1. The number of nitrogens with one attached hydrogen (secondary N) is 1. The smallest absolute Gasteiger partial charge is 0.312 e. The molecule has 0 atom stereocenters. The number of nitrogens with zero attached hydrogens (tertiary/aromatic N) is 1. The molecule has 2 nitrogen and oxygen atoms in total. The second-order valence-corrected chi connectivity index (χ2v) is 5.49. The minimum Gasteiger partial charge on any atom is -0.312 e. The molecule has 0 spiro atoms. The van der Waals surface area contributed by atoms with Gasteiger partial charge in [0.05, 0.1) is 12.1 Å². The van der Waals surface area contributed by atoms with Gasteiger partial charge in [0, 0.05) is 17.0 Å². The van der Waals surface area contributed by atoms with Crippen molar-refractivity contribution in [1.29, 1.82) is 0 Å². The van der Waals surface area contributed by atoms with E-state index < -0.39 is 12.6 Å². The number of aromatic nitrogens is 1. The van der Waals surface area contributed by atoms with E-state index in [0.717, 1.165) is 28.3 Å². The van der Waals surface area contributed by atoms with Crippen LogP contribution in [0.25, 0.3) is 11.3 Å². The fraction of sp³-hybridized carbons (Fsp3) is 0.357. The molecule has 0 bridgehead atoms. The van der Waals surface area contributed by atoms with Crippen molar-refractivity contribution in [3.63, 3.8) is 0 Å². The molecule has 108 valence electrons. The van der Waals surface area contributed by atoms with Crippen LogP contribution >= 0.6 is 11.3 Å². The van der Waals surface area contributed by atoms with E-state index in [4.69, 9.17) is 0 Å². The monoisotopic (exact) mass is 300 g/mol. The van der Waals surface area contributed by atoms with Gasteiger partial charge in [0.25, 0.3) is 0 Å². The number of hydrogen-bond acceptors (Lipinski definition) is 3. The highest BCUT2D eigenvalue weighted by molar-refractivity contribution is 7.12. The van der Waals surface area contributed by atoms with E-state index in [1.807, 2.05) is 37.3 Å². The van der Waals surface area contributed by atoms with Gasteiger partial charge in [-0.05, 0) is 6.54 Å². The topological polar surface area (TPSA) is 24.9 Å². The van der Waals surface area contributed by atoms with Gasteiger partial charge in [-0.3, -0.25) is 0 Å². The van der Waals surface area contributed by atoms with Crippen LogP contribution in [0.15, 0.2) is 30.3 Å². The standard InChI is InChI=1S/C14H15F3N2S/c1-2-18-9-11-13(10-6-4-3-5-7-10)19-12(20-11)8-14(15,16)17/h3-7,18H,2,8-9H2,1H3. The maximum Gasteiger partial charge on any atom is 0.395 e. The van der Waals surface area contributed by atoms with Crippen LogP contribution in [0, 0.1) is 0 Å². The van der Waals surface area contributed by atoms with Crippen LogP contribution in [-0.2, 0) is 13.0 Å². The molecule has 0 unspecified atom stereocenters. The molecule has 20 heavy (non-hydrogen) atoms. The minimum atomic E-state index is -4.22. The van der Waals surface area contributed by atoms with Gasteiger partial charge in [-0.15, -0.1) is 11.3 Å². The van der Waals surface area contributed by atoms with Gasteiger partial charge in [0.15, 0.2) is 0 Å². The molecule has 0 saturated carbocycles. The summed E-state index contributed by atoms with van der Waals surface area (Å²) in [6, 6.07) is 9.31. The molecular weight excluding hydrogens is 285 g/mol. The highest BCUT2D eigenvalue weighted by atomic mass is 32.1. The second-order valence-electron chi connectivity index (χ2n) is 4.32. The van der Waals surface area contributed by atoms with Crippen molar-refractivity contribution in [1.82, 2.24) is 10.3 Å². The van der Waals surface area contributed by atoms with E-state index in [1.165, 1.54) is 0 Å². The highest BCUT2D eigenvalue weighted by Gasteiger charge is 2.30. The zero-order valence-corrected chi connectivity index (χ0v) is 11.8. The summed E-state index contributed by atoms with van der Waals surface area (Å²) in [7, 11) is 0. The maximum atomic E-state index is 12.5. The summed E-state index contributed by atoms with van der Waals surface area (Å²) in [4.78, 5) is 5.02. The Balaban J connectivity index is 2.33. The third kappa shape index (κ3) is 4.05. The average Bonchev–Trinajstić information content (AvgIpc) is 2.78. The van der Waals surface area contributed by atoms with Gasteiger partial charge in [-0.25, -0.2) is 4.98 Å². The van der Waals surface area contributed by atoms with Crippen molar-refractivity contribution in [3.05, 3.63) is 40.2 Å². The summed E-state index contributed by atoms with van der Waals surface area (Å²) in [6.45, 7) is 3.26. The Bertz CT molecular complexity index is 549. The van der Waals surface area contributed by atoms with E-state index in [0.29, 0.717) is 12.2 Å². The molecule has 2 aromatic rings. The first-order valence-electron chi connectivity index (χ1n) is 6.31. The van der Waals surface area contributed by atoms with E-state index >= 15 is 0 Å². The lowest BCUT2D eigenvalue weighted by molar-refractivity contribution is -0.127. The van der Waals surface area contributed by atoms with Crippen molar-refractivity contribution in [2.75, 3.05) is 6.54 Å². The van der Waals surface area contributed by atoms with Crippen LogP contribution in [0.3, 0.4) is 0 Å². The summed E-state index contributed by atoms with van der Waals surface area (Å²) in [5.74, 6) is 0. The Morgan fingerprint density at radius 3 is 2.50 bits per heavy atom. The van der Waals surface area contributed by atoms with E-state index in [-0.39, 0.29) is 5.01 Å². The van der Waals surface area contributed by atoms with Gasteiger partial charge in [0.1, 0.15) is 5.01 Å². The van der Waals surface area contributed by atoms with Gasteiger partial charge < -0.3 is 5.32 Å². The first kappa shape index (κ1) is 15.0. The predicted molar refractivity (Wildman–Crippen MR) is 74.7 cm³/mol. The molecule has 0 aliphatic rings. The summed E-state index contributed by atoms with van der Waals surface area (Å²) >= 11 is 1.13. The van der Waals surface area contributed by atoms with Crippen molar-refractivity contribution >= 4 is 11.3 Å². The van der Waals surface area contributed by atoms with Crippen molar-refractivity contribution in [2.45, 2.75) is 26.1 Å². The van der Waals surface area contributed by atoms with Gasteiger partial charge in [-0.2, -0.15) is 13.2 Å². The molecule has 0 fully saturated rings. The maximum absolute atomic E-state index is 12.5. The van der Waals surface area contributed by atoms with Crippen LogP contribution in [0.1, 0.15) is 16.8 Å². The highest BCUT2D eigenvalue weighted by Crippen LogP contribution is 2.31. The molecule has 1 heterocycles. The third-order valence-electron chi connectivity index (χ3n) is 2.68. The normalized spacial score (nSPS) is 11.8. The fourth-order valence-electron chi connectivity index (χ4n) is 1.83. The molecule has 1 aromatic heterocycles. The lowest BCUT2D eigenvalue weighted by Crippen LogP contribution is -2.11. The molecule has 6 heteroatoms. The summed E-state index contributed by atoms with van der Waals surface area (Å²) in [6.07, 6.45) is -5.19. The lowest BCUT2D eigenvalue weighted by Gasteiger charge is -2.02.